The van der Waals surface area contributed by atoms with Crippen LogP contribution < -0.4 is 5.32 Å². The summed E-state index contributed by atoms with van der Waals surface area (Å²) in [6.45, 7) is 2.19. The van der Waals surface area contributed by atoms with Crippen LogP contribution in [0, 0.1) is 17.2 Å². The van der Waals surface area contributed by atoms with Gasteiger partial charge in [-0.1, -0.05) is 6.92 Å². The molecule has 1 aromatic heterocycles. The maximum atomic E-state index is 12.5. The number of nitriles is 1. The molecule has 3 rings (SSSR count). The minimum atomic E-state index is -3.29. The smallest absolute Gasteiger partial charge is 0.256 e. The third-order valence-corrected chi connectivity index (χ3v) is 6.69. The molecule has 0 radical (unpaired) electrons. The highest BCUT2D eigenvalue weighted by atomic mass is 32.2. The molecule has 1 N–H and O–H groups in total. The molecule has 5 nitrogen and oxygen atoms in total. The van der Waals surface area contributed by atoms with Crippen LogP contribution in [-0.2, 0) is 22.7 Å². The monoisotopic (exact) mass is 374 g/mol. The van der Waals surface area contributed by atoms with Gasteiger partial charge in [-0.2, -0.15) is 5.26 Å². The summed E-state index contributed by atoms with van der Waals surface area (Å²) in [4.78, 5) is 13.8. The minimum Gasteiger partial charge on any atom is -0.312 e. The van der Waals surface area contributed by atoms with Crippen LogP contribution in [0.1, 0.15) is 39.7 Å². The molecular weight excluding hydrogens is 356 g/mol. The van der Waals surface area contributed by atoms with E-state index in [1.54, 1.807) is 0 Å². The van der Waals surface area contributed by atoms with Gasteiger partial charge in [-0.25, -0.2) is 8.42 Å². The molecule has 0 unspecified atom stereocenters. The fourth-order valence-electron chi connectivity index (χ4n) is 2.99. The Kier molecular flexibility index (Phi) is 4.67. The molecule has 0 aliphatic heterocycles. The highest BCUT2D eigenvalue weighted by Crippen LogP contribution is 2.39. The zero-order chi connectivity index (χ0) is 18.2. The number of nitrogens with one attached hydrogen (secondary N) is 1. The Morgan fingerprint density at radius 3 is 2.60 bits per heavy atom. The SMILES string of the molecule is C[C@H]1CCc2c(sc(NC(=O)c3ccc(S(C)(=O)=O)cc3)c2C#N)C1. The molecule has 0 bridgehead atoms. The van der Waals surface area contributed by atoms with Gasteiger partial charge in [0.15, 0.2) is 9.84 Å². The molecule has 1 aromatic carbocycles. The zero-order valence-electron chi connectivity index (χ0n) is 14.0. The molecule has 1 amide bonds. The first-order valence-corrected chi connectivity index (χ1v) is 10.7. The predicted molar refractivity (Wildman–Crippen MR) is 97.7 cm³/mol. The Hall–Kier alpha value is -2.17. The minimum absolute atomic E-state index is 0.169. The third-order valence-electron chi connectivity index (χ3n) is 4.40. The summed E-state index contributed by atoms with van der Waals surface area (Å²) < 4.78 is 23.0. The van der Waals surface area contributed by atoms with Crippen LogP contribution in [0.4, 0.5) is 5.00 Å². The topological polar surface area (TPSA) is 87.0 Å². The van der Waals surface area contributed by atoms with Crippen molar-refractivity contribution in [2.24, 2.45) is 5.92 Å². The van der Waals surface area contributed by atoms with Crippen molar-refractivity contribution in [3.05, 3.63) is 45.8 Å². The van der Waals surface area contributed by atoms with Crippen molar-refractivity contribution < 1.29 is 13.2 Å². The molecule has 0 saturated heterocycles. The zero-order valence-corrected chi connectivity index (χ0v) is 15.6. The van der Waals surface area contributed by atoms with Crippen LogP contribution in [0.25, 0.3) is 0 Å². The van der Waals surface area contributed by atoms with Gasteiger partial charge in [0.2, 0.25) is 0 Å². The van der Waals surface area contributed by atoms with E-state index in [0.717, 1.165) is 31.1 Å². The van der Waals surface area contributed by atoms with E-state index < -0.39 is 9.84 Å². The Bertz CT molecular complexity index is 967. The van der Waals surface area contributed by atoms with Crippen LogP contribution in [0.5, 0.6) is 0 Å². The van der Waals surface area contributed by atoms with Crippen molar-refractivity contribution in [3.8, 4) is 6.07 Å². The Morgan fingerprint density at radius 1 is 1.32 bits per heavy atom. The lowest BCUT2D eigenvalue weighted by Crippen LogP contribution is -2.12. The molecule has 7 heteroatoms. The van der Waals surface area contributed by atoms with Gasteiger partial charge in [0.05, 0.1) is 10.5 Å². The summed E-state index contributed by atoms with van der Waals surface area (Å²) in [5, 5.41) is 12.9. The standard InChI is InChI=1S/C18H18N2O3S2/c1-11-3-8-14-15(10-19)18(24-16(14)9-11)20-17(21)12-4-6-13(7-5-12)25(2,22)23/h4-7,11H,3,8-9H2,1-2H3,(H,20,21)/t11-/m0/s1. The lowest BCUT2D eigenvalue weighted by Gasteiger charge is -2.17. The summed E-state index contributed by atoms with van der Waals surface area (Å²) in [5.74, 6) is 0.243. The van der Waals surface area contributed by atoms with E-state index in [9.17, 15) is 18.5 Å². The van der Waals surface area contributed by atoms with Crippen LogP contribution in [0.3, 0.4) is 0 Å². The third kappa shape index (κ3) is 3.60. The largest absolute Gasteiger partial charge is 0.312 e. The van der Waals surface area contributed by atoms with Crippen molar-refractivity contribution >= 4 is 32.1 Å². The van der Waals surface area contributed by atoms with Crippen molar-refractivity contribution in [1.29, 1.82) is 5.26 Å². The quantitative estimate of drug-likeness (QED) is 0.892. The van der Waals surface area contributed by atoms with Gasteiger partial charge in [-0.3, -0.25) is 4.79 Å². The normalized spacial score (nSPS) is 16.8. The van der Waals surface area contributed by atoms with E-state index in [0.29, 0.717) is 22.0 Å². The van der Waals surface area contributed by atoms with E-state index in [1.165, 1.54) is 40.5 Å². The second-order valence-corrected chi connectivity index (χ2v) is 9.54. The molecule has 0 spiro atoms. The van der Waals surface area contributed by atoms with E-state index in [-0.39, 0.29) is 10.8 Å². The highest BCUT2D eigenvalue weighted by molar-refractivity contribution is 7.90. The first-order chi connectivity index (χ1) is 11.8. The van der Waals surface area contributed by atoms with Crippen molar-refractivity contribution in [3.63, 3.8) is 0 Å². The Morgan fingerprint density at radius 2 is 2.00 bits per heavy atom. The van der Waals surface area contributed by atoms with Crippen LogP contribution >= 0.6 is 11.3 Å². The highest BCUT2D eigenvalue weighted by Gasteiger charge is 2.24. The molecule has 0 saturated carbocycles. The first-order valence-electron chi connectivity index (χ1n) is 7.95. The summed E-state index contributed by atoms with van der Waals surface area (Å²) in [6, 6.07) is 8.01. The number of fused-ring (bicyclic) bond motifs is 1. The Balaban J connectivity index is 1.85. The fourth-order valence-corrected chi connectivity index (χ4v) is 4.97. The number of thiophene rings is 1. The first kappa shape index (κ1) is 17.6. The van der Waals surface area contributed by atoms with Crippen LogP contribution in [0.15, 0.2) is 29.2 Å². The molecule has 1 atom stereocenters. The van der Waals surface area contributed by atoms with Gasteiger partial charge in [0.25, 0.3) is 5.91 Å². The van der Waals surface area contributed by atoms with Gasteiger partial charge in [-0.15, -0.1) is 11.3 Å². The van der Waals surface area contributed by atoms with E-state index in [4.69, 9.17) is 0 Å². The number of benzene rings is 1. The maximum absolute atomic E-state index is 12.5. The van der Waals surface area contributed by atoms with Gasteiger partial charge in [-0.05, 0) is 55.0 Å². The summed E-state index contributed by atoms with van der Waals surface area (Å²) in [7, 11) is -3.29. The molecular formula is C18H18N2O3S2. The molecule has 1 aliphatic rings. The van der Waals surface area contributed by atoms with Crippen LogP contribution in [-0.4, -0.2) is 20.6 Å². The average molecular weight is 374 g/mol. The van der Waals surface area contributed by atoms with Gasteiger partial charge in [0.1, 0.15) is 11.1 Å². The van der Waals surface area contributed by atoms with Crippen molar-refractivity contribution in [2.75, 3.05) is 11.6 Å². The number of amides is 1. The summed E-state index contributed by atoms with van der Waals surface area (Å²) in [6.07, 6.45) is 3.99. The van der Waals surface area contributed by atoms with Crippen LogP contribution in [0.2, 0.25) is 0 Å². The summed E-state index contributed by atoms with van der Waals surface area (Å²) >= 11 is 1.47. The number of sulfone groups is 1. The van der Waals surface area contributed by atoms with E-state index >= 15 is 0 Å². The van der Waals surface area contributed by atoms with Gasteiger partial charge >= 0.3 is 0 Å². The molecule has 1 heterocycles. The fraction of sp³-hybridized carbons (Fsp3) is 0.333. The molecule has 0 fully saturated rings. The number of anilines is 1. The Labute approximate surface area is 151 Å². The lowest BCUT2D eigenvalue weighted by atomic mass is 9.88. The number of carbonyl (C=O) groups is 1. The van der Waals surface area contributed by atoms with Gasteiger partial charge < -0.3 is 5.32 Å². The number of rotatable bonds is 3. The summed E-state index contributed by atoms with van der Waals surface area (Å²) in [5.41, 5.74) is 1.98. The lowest BCUT2D eigenvalue weighted by molar-refractivity contribution is 0.102. The molecule has 130 valence electrons. The second kappa shape index (κ2) is 6.62. The number of nitrogens with zero attached hydrogens (tertiary/aromatic N) is 1. The van der Waals surface area contributed by atoms with Crippen molar-refractivity contribution in [2.45, 2.75) is 31.1 Å². The number of hydrogen-bond acceptors (Lipinski definition) is 5. The maximum Gasteiger partial charge on any atom is 0.256 e. The van der Waals surface area contributed by atoms with Gasteiger partial charge in [0, 0.05) is 16.7 Å². The molecule has 25 heavy (non-hydrogen) atoms. The average Bonchev–Trinajstić information content (AvgIpc) is 2.90. The van der Waals surface area contributed by atoms with E-state index in [1.807, 2.05) is 0 Å². The molecule has 1 aliphatic carbocycles. The van der Waals surface area contributed by atoms with E-state index in [2.05, 4.69) is 18.3 Å². The predicted octanol–water partition coefficient (Wildman–Crippen LogP) is 3.40. The molecule has 2 aromatic rings. The second-order valence-electron chi connectivity index (χ2n) is 6.42. The number of hydrogen-bond donors (Lipinski definition) is 1. The van der Waals surface area contributed by atoms with Crippen molar-refractivity contribution in [1.82, 2.24) is 0 Å². The number of carbonyl (C=O) groups excluding carboxylic acids is 1.